The van der Waals surface area contributed by atoms with E-state index in [1.165, 1.54) is 10.8 Å². The topological polar surface area (TPSA) is 25.4 Å². The molecule has 1 aromatic carbocycles. The Morgan fingerprint density at radius 3 is 2.90 bits per heavy atom. The molecule has 4 heteroatoms. The second kappa shape index (κ2) is 5.98. The number of aromatic nitrogens is 1. The molecule has 0 bridgehead atoms. The third-order valence-electron chi connectivity index (χ3n) is 3.97. The number of hydrogen-bond donors (Lipinski definition) is 0. The molecule has 1 atom stereocenters. The number of ether oxygens (including phenoxy) is 1. The molecule has 1 fully saturated rings. The van der Waals surface area contributed by atoms with Gasteiger partial charge in [-0.25, -0.2) is 4.98 Å². The highest BCUT2D eigenvalue weighted by Gasteiger charge is 2.24. The molecule has 2 heterocycles. The SMILES string of the molecule is CCC1COCCN1c1ncc(CCl)c2ccccc12. The van der Waals surface area contributed by atoms with Crippen molar-refractivity contribution in [2.24, 2.45) is 0 Å². The molecule has 106 valence electrons. The summed E-state index contributed by atoms with van der Waals surface area (Å²) in [6.07, 6.45) is 2.97. The summed E-state index contributed by atoms with van der Waals surface area (Å²) in [5.41, 5.74) is 1.09. The zero-order valence-corrected chi connectivity index (χ0v) is 12.4. The zero-order chi connectivity index (χ0) is 13.9. The fourth-order valence-corrected chi connectivity index (χ4v) is 3.06. The Balaban J connectivity index is 2.11. The maximum absolute atomic E-state index is 6.03. The van der Waals surface area contributed by atoms with Gasteiger partial charge in [0.2, 0.25) is 0 Å². The number of anilines is 1. The van der Waals surface area contributed by atoms with Gasteiger partial charge in [-0.05, 0) is 17.4 Å². The minimum atomic E-state index is 0.404. The van der Waals surface area contributed by atoms with Gasteiger partial charge in [-0.1, -0.05) is 31.2 Å². The maximum Gasteiger partial charge on any atom is 0.136 e. The molecule has 0 aliphatic carbocycles. The molecule has 20 heavy (non-hydrogen) atoms. The summed E-state index contributed by atoms with van der Waals surface area (Å²) in [5.74, 6) is 1.55. The molecule has 1 unspecified atom stereocenters. The number of fused-ring (bicyclic) bond motifs is 1. The summed E-state index contributed by atoms with van der Waals surface area (Å²) in [7, 11) is 0. The van der Waals surface area contributed by atoms with Crippen LogP contribution < -0.4 is 4.90 Å². The lowest BCUT2D eigenvalue weighted by Gasteiger charge is -2.36. The number of hydrogen-bond acceptors (Lipinski definition) is 3. The van der Waals surface area contributed by atoms with Gasteiger partial charge in [-0.15, -0.1) is 11.6 Å². The molecular formula is C16H19ClN2O. The second-order valence-electron chi connectivity index (χ2n) is 5.12. The van der Waals surface area contributed by atoms with Crippen LogP contribution in [0.1, 0.15) is 18.9 Å². The number of halogens is 1. The molecule has 0 amide bonds. The van der Waals surface area contributed by atoms with E-state index in [0.717, 1.165) is 37.6 Å². The van der Waals surface area contributed by atoms with Gasteiger partial charge in [0.25, 0.3) is 0 Å². The number of rotatable bonds is 3. The fourth-order valence-electron chi connectivity index (χ4n) is 2.84. The van der Waals surface area contributed by atoms with Crippen LogP contribution >= 0.6 is 11.6 Å². The molecule has 3 nitrogen and oxygen atoms in total. The van der Waals surface area contributed by atoms with Gasteiger partial charge in [0.1, 0.15) is 5.82 Å². The van der Waals surface area contributed by atoms with E-state index in [4.69, 9.17) is 16.3 Å². The average molecular weight is 291 g/mol. The highest BCUT2D eigenvalue weighted by molar-refractivity contribution is 6.18. The lowest BCUT2D eigenvalue weighted by molar-refractivity contribution is 0.0927. The van der Waals surface area contributed by atoms with Gasteiger partial charge in [0.05, 0.1) is 19.3 Å². The van der Waals surface area contributed by atoms with Crippen LogP contribution in [-0.4, -0.2) is 30.8 Å². The van der Waals surface area contributed by atoms with Gasteiger partial charge in [0.15, 0.2) is 0 Å². The van der Waals surface area contributed by atoms with Crippen molar-refractivity contribution in [3.8, 4) is 0 Å². The predicted molar refractivity (Wildman–Crippen MR) is 83.5 cm³/mol. The van der Waals surface area contributed by atoms with Gasteiger partial charge in [-0.2, -0.15) is 0 Å². The van der Waals surface area contributed by atoms with E-state index in [2.05, 4.69) is 41.1 Å². The summed E-state index contributed by atoms with van der Waals surface area (Å²) in [6.45, 7) is 4.64. The molecule has 0 spiro atoms. The molecule has 1 aliphatic heterocycles. The van der Waals surface area contributed by atoms with Crippen molar-refractivity contribution in [2.75, 3.05) is 24.7 Å². The van der Waals surface area contributed by atoms with Gasteiger partial charge < -0.3 is 9.64 Å². The number of nitrogens with zero attached hydrogens (tertiary/aromatic N) is 2. The average Bonchev–Trinajstić information content (AvgIpc) is 2.53. The van der Waals surface area contributed by atoms with Crippen molar-refractivity contribution >= 4 is 28.2 Å². The molecule has 1 aromatic heterocycles. The van der Waals surface area contributed by atoms with E-state index in [1.807, 2.05) is 6.20 Å². The van der Waals surface area contributed by atoms with Crippen LogP contribution in [0.5, 0.6) is 0 Å². The molecule has 1 saturated heterocycles. The molecule has 0 N–H and O–H groups in total. The van der Waals surface area contributed by atoms with Crippen LogP contribution in [0.15, 0.2) is 30.5 Å². The Morgan fingerprint density at radius 1 is 1.35 bits per heavy atom. The van der Waals surface area contributed by atoms with Crippen LogP contribution in [-0.2, 0) is 10.6 Å². The van der Waals surface area contributed by atoms with Crippen molar-refractivity contribution in [2.45, 2.75) is 25.3 Å². The Hall–Kier alpha value is -1.32. The van der Waals surface area contributed by atoms with E-state index < -0.39 is 0 Å². The summed E-state index contributed by atoms with van der Waals surface area (Å²) >= 11 is 6.03. The van der Waals surface area contributed by atoms with Crippen molar-refractivity contribution in [1.29, 1.82) is 0 Å². The van der Waals surface area contributed by atoms with E-state index in [-0.39, 0.29) is 0 Å². The van der Waals surface area contributed by atoms with Gasteiger partial charge in [-0.3, -0.25) is 0 Å². The van der Waals surface area contributed by atoms with E-state index in [1.54, 1.807) is 0 Å². The van der Waals surface area contributed by atoms with Gasteiger partial charge >= 0.3 is 0 Å². The first-order chi connectivity index (χ1) is 9.85. The van der Waals surface area contributed by atoms with E-state index >= 15 is 0 Å². The molecule has 2 aromatic rings. The molecule has 0 radical (unpaired) electrons. The quantitative estimate of drug-likeness (QED) is 0.808. The third kappa shape index (κ3) is 2.36. The highest BCUT2D eigenvalue weighted by atomic mass is 35.5. The van der Waals surface area contributed by atoms with Crippen LogP contribution in [0.4, 0.5) is 5.82 Å². The fraction of sp³-hybridized carbons (Fsp3) is 0.438. The second-order valence-corrected chi connectivity index (χ2v) is 5.38. The van der Waals surface area contributed by atoms with Crippen molar-refractivity contribution < 1.29 is 4.74 Å². The van der Waals surface area contributed by atoms with Crippen molar-refractivity contribution in [1.82, 2.24) is 4.98 Å². The zero-order valence-electron chi connectivity index (χ0n) is 11.7. The van der Waals surface area contributed by atoms with E-state index in [9.17, 15) is 0 Å². The molecule has 0 saturated carbocycles. The summed E-state index contributed by atoms with van der Waals surface area (Å²) in [4.78, 5) is 7.06. The van der Waals surface area contributed by atoms with Crippen LogP contribution in [0.2, 0.25) is 0 Å². The Bertz CT molecular complexity index is 602. The van der Waals surface area contributed by atoms with Crippen LogP contribution in [0, 0.1) is 0 Å². The Morgan fingerprint density at radius 2 is 2.15 bits per heavy atom. The third-order valence-corrected chi connectivity index (χ3v) is 4.26. The lowest BCUT2D eigenvalue weighted by atomic mass is 10.1. The lowest BCUT2D eigenvalue weighted by Crippen LogP contribution is -2.45. The first-order valence-corrected chi connectivity index (χ1v) is 7.65. The van der Waals surface area contributed by atoms with Crippen LogP contribution in [0.25, 0.3) is 10.8 Å². The van der Waals surface area contributed by atoms with Gasteiger partial charge in [0, 0.05) is 24.0 Å². The number of alkyl halides is 1. The monoisotopic (exact) mass is 290 g/mol. The van der Waals surface area contributed by atoms with E-state index in [0.29, 0.717) is 11.9 Å². The summed E-state index contributed by atoms with van der Waals surface area (Å²) in [6, 6.07) is 8.78. The molecule has 1 aliphatic rings. The summed E-state index contributed by atoms with van der Waals surface area (Å²) < 4.78 is 5.59. The molecule has 3 rings (SSSR count). The van der Waals surface area contributed by atoms with Crippen molar-refractivity contribution in [3.05, 3.63) is 36.0 Å². The first kappa shape index (κ1) is 13.7. The highest BCUT2D eigenvalue weighted by Crippen LogP contribution is 2.30. The normalized spacial score (nSPS) is 19.5. The Kier molecular flexibility index (Phi) is 4.08. The largest absolute Gasteiger partial charge is 0.377 e. The summed E-state index contributed by atoms with van der Waals surface area (Å²) in [5, 5.41) is 2.39. The number of benzene rings is 1. The van der Waals surface area contributed by atoms with Crippen molar-refractivity contribution in [3.63, 3.8) is 0 Å². The number of morpholine rings is 1. The first-order valence-electron chi connectivity index (χ1n) is 7.12. The van der Waals surface area contributed by atoms with Crippen LogP contribution in [0.3, 0.4) is 0 Å². The standard InChI is InChI=1S/C16H19ClN2O/c1-2-13-11-20-8-7-19(13)16-15-6-4-3-5-14(15)12(9-17)10-18-16/h3-6,10,13H,2,7-9,11H2,1H3. The number of pyridine rings is 1. The Labute approximate surface area is 124 Å². The maximum atomic E-state index is 6.03. The smallest absolute Gasteiger partial charge is 0.136 e. The minimum Gasteiger partial charge on any atom is -0.377 e. The predicted octanol–water partition coefficient (Wildman–Crippen LogP) is 3.59. The minimum absolute atomic E-state index is 0.404. The molecular weight excluding hydrogens is 272 g/mol.